The SMILES string of the molecule is CCOC(=O)/C(=C\c1ncc(C(=O)O)cc1[N+](=O)[O-])CC. The Morgan fingerprint density at radius 2 is 2.14 bits per heavy atom. The Bertz CT molecular complexity index is 609. The number of aromatic carboxylic acids is 1. The van der Waals surface area contributed by atoms with Crippen LogP contribution < -0.4 is 0 Å². The van der Waals surface area contributed by atoms with E-state index in [-0.39, 0.29) is 23.4 Å². The third-order valence-electron chi connectivity index (χ3n) is 2.57. The maximum absolute atomic E-state index is 11.7. The summed E-state index contributed by atoms with van der Waals surface area (Å²) in [4.78, 5) is 36.4. The van der Waals surface area contributed by atoms with E-state index in [4.69, 9.17) is 9.84 Å². The Balaban J connectivity index is 3.31. The van der Waals surface area contributed by atoms with Crippen molar-refractivity contribution in [2.45, 2.75) is 20.3 Å². The fourth-order valence-electron chi connectivity index (χ4n) is 1.53. The average molecular weight is 294 g/mol. The van der Waals surface area contributed by atoms with Gasteiger partial charge in [-0.1, -0.05) is 6.92 Å². The normalized spacial score (nSPS) is 11.0. The summed E-state index contributed by atoms with van der Waals surface area (Å²) in [6, 6.07) is 0.902. The molecule has 1 aromatic heterocycles. The van der Waals surface area contributed by atoms with Gasteiger partial charge in [0.05, 0.1) is 17.1 Å². The molecule has 1 N–H and O–H groups in total. The largest absolute Gasteiger partial charge is 0.478 e. The Kier molecular flexibility index (Phi) is 5.53. The molecule has 8 heteroatoms. The van der Waals surface area contributed by atoms with E-state index in [0.29, 0.717) is 6.42 Å². The Morgan fingerprint density at radius 1 is 1.48 bits per heavy atom. The summed E-state index contributed by atoms with van der Waals surface area (Å²) in [5.41, 5.74) is -0.649. The lowest BCUT2D eigenvalue weighted by Gasteiger charge is -2.05. The zero-order valence-corrected chi connectivity index (χ0v) is 11.5. The van der Waals surface area contributed by atoms with Gasteiger partial charge in [0.1, 0.15) is 5.69 Å². The van der Waals surface area contributed by atoms with Gasteiger partial charge in [-0.25, -0.2) is 14.6 Å². The van der Waals surface area contributed by atoms with Crippen LogP contribution in [-0.4, -0.2) is 33.6 Å². The molecule has 0 bridgehead atoms. The van der Waals surface area contributed by atoms with Crippen molar-refractivity contribution in [3.05, 3.63) is 39.2 Å². The number of hydrogen-bond acceptors (Lipinski definition) is 6. The highest BCUT2D eigenvalue weighted by Crippen LogP contribution is 2.21. The number of nitro groups is 1. The van der Waals surface area contributed by atoms with Crippen LogP contribution in [0.4, 0.5) is 5.69 Å². The number of nitrogens with zero attached hydrogens (tertiary/aromatic N) is 2. The molecular formula is C13H14N2O6. The minimum Gasteiger partial charge on any atom is -0.478 e. The lowest BCUT2D eigenvalue weighted by molar-refractivity contribution is -0.385. The summed E-state index contributed by atoms with van der Waals surface area (Å²) in [6.45, 7) is 3.53. The molecule has 0 radical (unpaired) electrons. The van der Waals surface area contributed by atoms with Gasteiger partial charge in [0, 0.05) is 17.8 Å². The second-order valence-corrected chi connectivity index (χ2v) is 3.93. The van der Waals surface area contributed by atoms with E-state index in [2.05, 4.69) is 4.98 Å². The van der Waals surface area contributed by atoms with E-state index in [1.54, 1.807) is 13.8 Å². The van der Waals surface area contributed by atoms with E-state index in [1.807, 2.05) is 0 Å². The number of carbonyl (C=O) groups excluding carboxylic acids is 1. The molecule has 0 aliphatic carbocycles. The number of carbonyl (C=O) groups is 2. The van der Waals surface area contributed by atoms with Crippen LogP contribution >= 0.6 is 0 Å². The molecule has 0 aromatic carbocycles. The molecule has 0 unspecified atom stereocenters. The first-order valence-corrected chi connectivity index (χ1v) is 6.16. The summed E-state index contributed by atoms with van der Waals surface area (Å²) in [7, 11) is 0. The van der Waals surface area contributed by atoms with E-state index in [0.717, 1.165) is 12.3 Å². The van der Waals surface area contributed by atoms with E-state index >= 15 is 0 Å². The minimum absolute atomic E-state index is 0.0881. The Hall–Kier alpha value is -2.77. The van der Waals surface area contributed by atoms with Crippen LogP contribution in [0.15, 0.2) is 17.8 Å². The van der Waals surface area contributed by atoms with Crippen molar-refractivity contribution in [1.82, 2.24) is 4.98 Å². The predicted octanol–water partition coefficient (Wildman–Crippen LogP) is 2.04. The highest BCUT2D eigenvalue weighted by Gasteiger charge is 2.19. The zero-order valence-electron chi connectivity index (χ0n) is 11.5. The summed E-state index contributed by atoms with van der Waals surface area (Å²) < 4.78 is 4.83. The molecule has 0 amide bonds. The fourth-order valence-corrected chi connectivity index (χ4v) is 1.53. The van der Waals surface area contributed by atoms with Gasteiger partial charge in [0.2, 0.25) is 0 Å². The van der Waals surface area contributed by atoms with Crippen LogP contribution in [-0.2, 0) is 9.53 Å². The quantitative estimate of drug-likeness (QED) is 0.369. The molecule has 0 atom stereocenters. The van der Waals surface area contributed by atoms with Gasteiger partial charge in [0.15, 0.2) is 0 Å². The topological polar surface area (TPSA) is 120 Å². The first-order chi connectivity index (χ1) is 9.90. The molecule has 0 aliphatic heterocycles. The molecule has 1 heterocycles. The number of aromatic nitrogens is 1. The molecule has 0 aliphatic rings. The Morgan fingerprint density at radius 3 is 2.62 bits per heavy atom. The van der Waals surface area contributed by atoms with Gasteiger partial charge < -0.3 is 9.84 Å². The van der Waals surface area contributed by atoms with Gasteiger partial charge >= 0.3 is 11.9 Å². The minimum atomic E-state index is -1.32. The average Bonchev–Trinajstić information content (AvgIpc) is 2.44. The summed E-state index contributed by atoms with van der Waals surface area (Å²) in [5.74, 6) is -1.90. The number of carboxylic acids is 1. The van der Waals surface area contributed by atoms with E-state index in [1.165, 1.54) is 6.08 Å². The number of hydrogen-bond donors (Lipinski definition) is 1. The van der Waals surface area contributed by atoms with Crippen LogP contribution in [0.5, 0.6) is 0 Å². The van der Waals surface area contributed by atoms with Crippen molar-refractivity contribution < 1.29 is 24.4 Å². The maximum Gasteiger partial charge on any atom is 0.337 e. The number of carboxylic acid groups (broad SMARTS) is 1. The molecule has 21 heavy (non-hydrogen) atoms. The first-order valence-electron chi connectivity index (χ1n) is 6.16. The number of esters is 1. The predicted molar refractivity (Wildman–Crippen MR) is 72.8 cm³/mol. The van der Waals surface area contributed by atoms with Crippen molar-refractivity contribution >= 4 is 23.7 Å². The highest BCUT2D eigenvalue weighted by molar-refractivity contribution is 5.94. The lowest BCUT2D eigenvalue weighted by atomic mass is 10.1. The van der Waals surface area contributed by atoms with Crippen LogP contribution in [0.1, 0.15) is 36.3 Å². The van der Waals surface area contributed by atoms with Crippen LogP contribution in [0, 0.1) is 10.1 Å². The third kappa shape index (κ3) is 4.10. The third-order valence-corrected chi connectivity index (χ3v) is 2.57. The molecule has 0 saturated heterocycles. The first kappa shape index (κ1) is 16.3. The van der Waals surface area contributed by atoms with Crippen molar-refractivity contribution in [1.29, 1.82) is 0 Å². The second-order valence-electron chi connectivity index (χ2n) is 3.93. The van der Waals surface area contributed by atoms with E-state index in [9.17, 15) is 19.7 Å². The van der Waals surface area contributed by atoms with Gasteiger partial charge in [-0.05, 0) is 19.4 Å². The Labute approximate surface area is 120 Å². The number of rotatable bonds is 6. The summed E-state index contributed by atoms with van der Waals surface area (Å²) in [5, 5.41) is 19.8. The van der Waals surface area contributed by atoms with Crippen LogP contribution in [0.3, 0.4) is 0 Å². The van der Waals surface area contributed by atoms with Gasteiger partial charge in [0.25, 0.3) is 5.69 Å². The molecule has 1 aromatic rings. The van der Waals surface area contributed by atoms with E-state index < -0.39 is 22.5 Å². The van der Waals surface area contributed by atoms with Gasteiger partial charge in [-0.15, -0.1) is 0 Å². The summed E-state index contributed by atoms with van der Waals surface area (Å²) in [6.07, 6.45) is 2.54. The van der Waals surface area contributed by atoms with Crippen molar-refractivity contribution in [3.63, 3.8) is 0 Å². The number of ether oxygens (including phenoxy) is 1. The second kappa shape index (κ2) is 7.13. The van der Waals surface area contributed by atoms with Crippen LogP contribution in [0.25, 0.3) is 6.08 Å². The van der Waals surface area contributed by atoms with Crippen molar-refractivity contribution in [2.24, 2.45) is 0 Å². The van der Waals surface area contributed by atoms with Crippen LogP contribution in [0.2, 0.25) is 0 Å². The molecule has 0 fully saturated rings. The monoisotopic (exact) mass is 294 g/mol. The smallest absolute Gasteiger partial charge is 0.337 e. The highest BCUT2D eigenvalue weighted by atomic mass is 16.6. The molecule has 112 valence electrons. The molecule has 8 nitrogen and oxygen atoms in total. The van der Waals surface area contributed by atoms with Gasteiger partial charge in [-0.2, -0.15) is 0 Å². The summed E-state index contributed by atoms with van der Waals surface area (Å²) >= 11 is 0. The van der Waals surface area contributed by atoms with Crippen molar-refractivity contribution in [3.8, 4) is 0 Å². The maximum atomic E-state index is 11.7. The van der Waals surface area contributed by atoms with Gasteiger partial charge in [-0.3, -0.25) is 10.1 Å². The molecule has 0 spiro atoms. The molecule has 1 rings (SSSR count). The number of pyridine rings is 1. The van der Waals surface area contributed by atoms with Crippen molar-refractivity contribution in [2.75, 3.05) is 6.61 Å². The fraction of sp³-hybridized carbons (Fsp3) is 0.308. The zero-order chi connectivity index (χ0) is 16.0. The molecular weight excluding hydrogens is 280 g/mol. The lowest BCUT2D eigenvalue weighted by Crippen LogP contribution is -2.08. The molecule has 0 saturated carbocycles. The standard InChI is InChI=1S/C13H14N2O6/c1-3-8(13(18)21-4-2)5-10-11(15(19)20)6-9(7-14-10)12(16)17/h5-7H,3-4H2,1-2H3,(H,16,17)/b8-5-.